The fourth-order valence-electron chi connectivity index (χ4n) is 2.62. The lowest BCUT2D eigenvalue weighted by Gasteiger charge is -2.31. The van der Waals surface area contributed by atoms with Crippen molar-refractivity contribution in [2.24, 2.45) is 0 Å². The number of nitrogens with zero attached hydrogens (tertiary/aromatic N) is 1. The van der Waals surface area contributed by atoms with Gasteiger partial charge >= 0.3 is 5.97 Å². The Hall–Kier alpha value is -1.56. The van der Waals surface area contributed by atoms with Crippen LogP contribution >= 0.6 is 0 Å². The lowest BCUT2D eigenvalue weighted by atomic mass is 10.1. The molecule has 0 spiro atoms. The molecule has 5 nitrogen and oxygen atoms in total. The number of benzene rings is 1. The van der Waals surface area contributed by atoms with E-state index >= 15 is 0 Å². The Bertz CT molecular complexity index is 597. The number of carboxylic acid groups (broad SMARTS) is 1. The largest absolute Gasteiger partial charge is 0.481 e. The Kier molecular flexibility index (Phi) is 4.32. The molecule has 1 fully saturated rings. The SMILES string of the molecule is Cc1ccccc1N(CCC(=O)O)C1CCS(=O)(=O)C1. The molecule has 1 aromatic carbocycles. The van der Waals surface area contributed by atoms with E-state index in [1.807, 2.05) is 36.1 Å². The second-order valence-electron chi connectivity index (χ2n) is 5.18. The third-order valence-electron chi connectivity index (χ3n) is 3.64. The molecule has 20 heavy (non-hydrogen) atoms. The molecule has 110 valence electrons. The fourth-order valence-corrected chi connectivity index (χ4v) is 4.35. The Morgan fingerprint density at radius 1 is 1.40 bits per heavy atom. The number of anilines is 1. The molecule has 0 aliphatic carbocycles. The number of aliphatic carboxylic acids is 1. The van der Waals surface area contributed by atoms with Gasteiger partial charge in [0.25, 0.3) is 0 Å². The summed E-state index contributed by atoms with van der Waals surface area (Å²) in [6.45, 7) is 2.28. The van der Waals surface area contributed by atoms with E-state index in [0.717, 1.165) is 11.3 Å². The van der Waals surface area contributed by atoms with E-state index in [1.54, 1.807) is 0 Å². The second-order valence-corrected chi connectivity index (χ2v) is 7.41. The molecule has 1 atom stereocenters. The van der Waals surface area contributed by atoms with Gasteiger partial charge in [0, 0.05) is 18.3 Å². The summed E-state index contributed by atoms with van der Waals surface area (Å²) in [5.41, 5.74) is 1.96. The van der Waals surface area contributed by atoms with Crippen LogP contribution in [0.3, 0.4) is 0 Å². The topological polar surface area (TPSA) is 74.7 Å². The van der Waals surface area contributed by atoms with Gasteiger partial charge in [0.2, 0.25) is 0 Å². The van der Waals surface area contributed by atoms with Crippen LogP contribution in [0.5, 0.6) is 0 Å². The first-order valence-electron chi connectivity index (χ1n) is 6.63. The highest BCUT2D eigenvalue weighted by molar-refractivity contribution is 7.91. The normalized spacial score (nSPS) is 20.8. The number of carboxylic acids is 1. The van der Waals surface area contributed by atoms with Crippen LogP contribution in [0.1, 0.15) is 18.4 Å². The number of carbonyl (C=O) groups is 1. The molecule has 1 heterocycles. The van der Waals surface area contributed by atoms with Crippen molar-refractivity contribution >= 4 is 21.5 Å². The zero-order valence-electron chi connectivity index (χ0n) is 11.4. The third kappa shape index (κ3) is 3.50. The van der Waals surface area contributed by atoms with E-state index in [2.05, 4.69) is 0 Å². The molecule has 0 aromatic heterocycles. The van der Waals surface area contributed by atoms with E-state index in [9.17, 15) is 13.2 Å². The van der Waals surface area contributed by atoms with Gasteiger partial charge in [0.1, 0.15) is 0 Å². The molecule has 0 saturated carbocycles. The van der Waals surface area contributed by atoms with E-state index in [1.165, 1.54) is 0 Å². The highest BCUT2D eigenvalue weighted by Gasteiger charge is 2.32. The smallest absolute Gasteiger partial charge is 0.305 e. The molecule has 1 saturated heterocycles. The summed E-state index contributed by atoms with van der Waals surface area (Å²) in [4.78, 5) is 12.8. The van der Waals surface area contributed by atoms with Crippen molar-refractivity contribution in [3.05, 3.63) is 29.8 Å². The maximum absolute atomic E-state index is 11.7. The number of para-hydroxylation sites is 1. The van der Waals surface area contributed by atoms with Crippen molar-refractivity contribution in [1.82, 2.24) is 0 Å². The Morgan fingerprint density at radius 3 is 2.65 bits per heavy atom. The lowest BCUT2D eigenvalue weighted by molar-refractivity contribution is -0.136. The molecule has 1 aromatic rings. The summed E-state index contributed by atoms with van der Waals surface area (Å²) in [6, 6.07) is 7.55. The van der Waals surface area contributed by atoms with Crippen molar-refractivity contribution in [2.45, 2.75) is 25.8 Å². The number of hydrogen-bond acceptors (Lipinski definition) is 4. The van der Waals surface area contributed by atoms with Crippen molar-refractivity contribution < 1.29 is 18.3 Å². The first kappa shape index (κ1) is 14.8. The van der Waals surface area contributed by atoms with Crippen LogP contribution in [0.25, 0.3) is 0 Å². The summed E-state index contributed by atoms with van der Waals surface area (Å²) in [5.74, 6) is -0.571. The number of rotatable bonds is 5. The van der Waals surface area contributed by atoms with Crippen molar-refractivity contribution in [1.29, 1.82) is 0 Å². The monoisotopic (exact) mass is 297 g/mol. The van der Waals surface area contributed by atoms with E-state index in [0.29, 0.717) is 13.0 Å². The van der Waals surface area contributed by atoms with Crippen LogP contribution in [-0.4, -0.2) is 43.6 Å². The number of aryl methyl sites for hydroxylation is 1. The highest BCUT2D eigenvalue weighted by atomic mass is 32.2. The minimum atomic E-state index is -2.99. The zero-order valence-corrected chi connectivity index (χ0v) is 12.3. The van der Waals surface area contributed by atoms with Gasteiger partial charge in [-0.2, -0.15) is 0 Å². The molecule has 0 bridgehead atoms. The quantitative estimate of drug-likeness (QED) is 0.890. The van der Waals surface area contributed by atoms with Gasteiger partial charge in [-0.15, -0.1) is 0 Å². The second kappa shape index (κ2) is 5.83. The Morgan fingerprint density at radius 2 is 2.10 bits per heavy atom. The van der Waals surface area contributed by atoms with E-state index in [4.69, 9.17) is 5.11 Å². The first-order chi connectivity index (χ1) is 9.39. The molecular weight excluding hydrogens is 278 g/mol. The maximum Gasteiger partial charge on any atom is 0.305 e. The molecule has 0 radical (unpaired) electrons. The summed E-state index contributed by atoms with van der Waals surface area (Å²) in [5, 5.41) is 8.88. The maximum atomic E-state index is 11.7. The molecule has 1 aliphatic rings. The van der Waals surface area contributed by atoms with E-state index in [-0.39, 0.29) is 24.0 Å². The summed E-state index contributed by atoms with van der Waals surface area (Å²) in [6.07, 6.45) is 0.571. The van der Waals surface area contributed by atoms with Gasteiger partial charge in [-0.05, 0) is 25.0 Å². The molecular formula is C14H19NO4S. The van der Waals surface area contributed by atoms with Crippen LogP contribution in [-0.2, 0) is 14.6 Å². The first-order valence-corrected chi connectivity index (χ1v) is 8.46. The summed E-state index contributed by atoms with van der Waals surface area (Å²) in [7, 11) is -2.99. The van der Waals surface area contributed by atoms with Crippen molar-refractivity contribution in [3.63, 3.8) is 0 Å². The van der Waals surface area contributed by atoms with Crippen molar-refractivity contribution in [2.75, 3.05) is 23.0 Å². The predicted molar refractivity (Wildman–Crippen MR) is 77.8 cm³/mol. The van der Waals surface area contributed by atoms with Crippen LogP contribution in [0.2, 0.25) is 0 Å². The van der Waals surface area contributed by atoms with E-state index < -0.39 is 15.8 Å². The van der Waals surface area contributed by atoms with Gasteiger partial charge in [-0.3, -0.25) is 4.79 Å². The van der Waals surface area contributed by atoms with Gasteiger partial charge in [0.05, 0.1) is 17.9 Å². The van der Waals surface area contributed by atoms with Crippen LogP contribution in [0, 0.1) is 6.92 Å². The van der Waals surface area contributed by atoms with Gasteiger partial charge in [-0.1, -0.05) is 18.2 Å². The average Bonchev–Trinajstić information content (AvgIpc) is 2.72. The molecule has 1 aliphatic heterocycles. The average molecular weight is 297 g/mol. The minimum Gasteiger partial charge on any atom is -0.481 e. The third-order valence-corrected chi connectivity index (χ3v) is 5.39. The molecule has 1 unspecified atom stereocenters. The number of hydrogen-bond donors (Lipinski definition) is 1. The van der Waals surface area contributed by atoms with Crippen LogP contribution < -0.4 is 4.90 Å². The molecule has 1 N–H and O–H groups in total. The van der Waals surface area contributed by atoms with Gasteiger partial charge in [-0.25, -0.2) is 8.42 Å². The minimum absolute atomic E-state index is 0.00484. The summed E-state index contributed by atoms with van der Waals surface area (Å²) >= 11 is 0. The predicted octanol–water partition coefficient (Wildman–Crippen LogP) is 1.46. The number of sulfone groups is 1. The van der Waals surface area contributed by atoms with Gasteiger partial charge < -0.3 is 10.0 Å². The van der Waals surface area contributed by atoms with Crippen molar-refractivity contribution in [3.8, 4) is 0 Å². The van der Waals surface area contributed by atoms with Crippen LogP contribution in [0.4, 0.5) is 5.69 Å². The fraction of sp³-hybridized carbons (Fsp3) is 0.500. The molecule has 0 amide bonds. The van der Waals surface area contributed by atoms with Gasteiger partial charge in [0.15, 0.2) is 9.84 Å². The lowest BCUT2D eigenvalue weighted by Crippen LogP contribution is -2.38. The highest BCUT2D eigenvalue weighted by Crippen LogP contribution is 2.27. The van der Waals surface area contributed by atoms with Crippen LogP contribution in [0.15, 0.2) is 24.3 Å². The molecule has 2 rings (SSSR count). The summed E-state index contributed by atoms with van der Waals surface area (Å²) < 4.78 is 23.3. The molecule has 6 heteroatoms. The Labute approximate surface area is 119 Å². The Balaban J connectivity index is 2.26. The zero-order chi connectivity index (χ0) is 14.8. The standard InChI is InChI=1S/C14H19NO4S/c1-11-4-2-3-5-13(11)15(8-6-14(16)17)12-7-9-20(18,19)10-12/h2-5,12H,6-10H2,1H3,(H,16,17).